The third-order valence-corrected chi connectivity index (χ3v) is 5.10. The summed E-state index contributed by atoms with van der Waals surface area (Å²) in [7, 11) is 1.39. The van der Waals surface area contributed by atoms with Gasteiger partial charge in [-0.15, -0.1) is 37.1 Å². The Labute approximate surface area is 203 Å². The molecule has 1 saturated heterocycles. The van der Waals surface area contributed by atoms with E-state index in [1.54, 1.807) is 12.1 Å². The Bertz CT molecular complexity index is 724. The first-order valence-electron chi connectivity index (χ1n) is 10.3. The Morgan fingerprint density at radius 1 is 1.28 bits per heavy atom. The summed E-state index contributed by atoms with van der Waals surface area (Å²) < 4.78 is 45.5. The Hall–Kier alpha value is -1.76. The first kappa shape index (κ1) is 28.3. The van der Waals surface area contributed by atoms with Gasteiger partial charge in [-0.1, -0.05) is 12.1 Å². The van der Waals surface area contributed by atoms with Gasteiger partial charge in [0.1, 0.15) is 5.75 Å². The van der Waals surface area contributed by atoms with Gasteiger partial charge in [0.2, 0.25) is 0 Å². The molecule has 0 aliphatic carbocycles. The highest BCUT2D eigenvalue weighted by Crippen LogP contribution is 2.23. The predicted molar refractivity (Wildman–Crippen MR) is 125 cm³/mol. The molecule has 1 fully saturated rings. The topological polar surface area (TPSA) is 83.4 Å². The van der Waals surface area contributed by atoms with Gasteiger partial charge in [-0.3, -0.25) is 9.79 Å². The summed E-state index contributed by atoms with van der Waals surface area (Å²) >= 11 is 0. The number of nitrogens with zero attached hydrogens (tertiary/aromatic N) is 2. The maximum atomic E-state index is 12.3. The summed E-state index contributed by atoms with van der Waals surface area (Å²) in [6.45, 7) is 4.25. The van der Waals surface area contributed by atoms with Crippen molar-refractivity contribution in [2.24, 2.45) is 16.8 Å². The highest BCUT2D eigenvalue weighted by Gasteiger charge is 2.31. The van der Waals surface area contributed by atoms with Gasteiger partial charge < -0.3 is 24.8 Å². The average molecular weight is 573 g/mol. The molecule has 1 unspecified atom stereocenters. The molecule has 0 amide bonds. The minimum atomic E-state index is -4.72. The minimum Gasteiger partial charge on any atom is -0.469 e. The Morgan fingerprint density at radius 2 is 1.91 bits per heavy atom. The SMILES string of the molecule is CCNC(=NCC(CO)Cc1ccc(OC(F)(F)F)cc1)N1CCC(C(=O)OC)CC1.I. The average Bonchev–Trinajstić information content (AvgIpc) is 2.75. The maximum absolute atomic E-state index is 12.3. The smallest absolute Gasteiger partial charge is 0.469 e. The number of ether oxygens (including phenoxy) is 2. The highest BCUT2D eigenvalue weighted by molar-refractivity contribution is 14.0. The van der Waals surface area contributed by atoms with Crippen LogP contribution in [0, 0.1) is 11.8 Å². The maximum Gasteiger partial charge on any atom is 0.573 e. The predicted octanol–water partition coefficient (Wildman–Crippen LogP) is 3.20. The molecular weight excluding hydrogens is 542 g/mol. The van der Waals surface area contributed by atoms with Crippen molar-refractivity contribution < 1.29 is 32.5 Å². The third-order valence-electron chi connectivity index (χ3n) is 5.10. The zero-order chi connectivity index (χ0) is 22.9. The molecular formula is C21H31F3IN3O4. The van der Waals surface area contributed by atoms with Gasteiger partial charge in [0.15, 0.2) is 5.96 Å². The molecule has 7 nitrogen and oxygen atoms in total. The number of aliphatic hydroxyl groups excluding tert-OH is 1. The van der Waals surface area contributed by atoms with E-state index in [1.807, 2.05) is 6.92 Å². The quantitative estimate of drug-likeness (QED) is 0.215. The van der Waals surface area contributed by atoms with Crippen molar-refractivity contribution in [2.45, 2.75) is 32.5 Å². The van der Waals surface area contributed by atoms with Crippen LogP contribution in [0.1, 0.15) is 25.3 Å². The highest BCUT2D eigenvalue weighted by atomic mass is 127. The number of likely N-dealkylation sites (tertiary alicyclic amines) is 1. The number of guanidine groups is 1. The molecule has 0 radical (unpaired) electrons. The fourth-order valence-corrected chi connectivity index (χ4v) is 3.48. The molecule has 0 bridgehead atoms. The van der Waals surface area contributed by atoms with Gasteiger partial charge in [0.25, 0.3) is 0 Å². The number of carbonyl (C=O) groups excluding carboxylic acids is 1. The van der Waals surface area contributed by atoms with Gasteiger partial charge >= 0.3 is 12.3 Å². The van der Waals surface area contributed by atoms with E-state index < -0.39 is 6.36 Å². The monoisotopic (exact) mass is 573 g/mol. The van der Waals surface area contributed by atoms with Crippen molar-refractivity contribution in [3.05, 3.63) is 29.8 Å². The number of halogens is 4. The van der Waals surface area contributed by atoms with E-state index in [4.69, 9.17) is 4.74 Å². The van der Waals surface area contributed by atoms with Gasteiger partial charge in [-0.2, -0.15) is 0 Å². The summed E-state index contributed by atoms with van der Waals surface area (Å²) in [4.78, 5) is 18.4. The second-order valence-electron chi connectivity index (χ2n) is 7.42. The number of rotatable bonds is 8. The molecule has 1 heterocycles. The van der Waals surface area contributed by atoms with Crippen LogP contribution in [0.4, 0.5) is 13.2 Å². The molecule has 1 aromatic rings. The molecule has 1 aliphatic rings. The Balaban J connectivity index is 0.00000512. The van der Waals surface area contributed by atoms with Crippen molar-refractivity contribution in [2.75, 3.05) is 39.9 Å². The number of alkyl halides is 3. The van der Waals surface area contributed by atoms with Gasteiger partial charge in [-0.05, 0) is 43.9 Å². The number of aliphatic hydroxyl groups is 1. The number of nitrogens with one attached hydrogen (secondary N) is 1. The molecule has 11 heteroatoms. The van der Waals surface area contributed by atoms with Crippen LogP contribution in [0.25, 0.3) is 0 Å². The summed E-state index contributed by atoms with van der Waals surface area (Å²) in [5.41, 5.74) is 0.785. The molecule has 32 heavy (non-hydrogen) atoms. The Morgan fingerprint density at radius 3 is 2.41 bits per heavy atom. The second-order valence-corrected chi connectivity index (χ2v) is 7.42. The fraction of sp³-hybridized carbons (Fsp3) is 0.619. The van der Waals surface area contributed by atoms with E-state index >= 15 is 0 Å². The second kappa shape index (κ2) is 13.7. The zero-order valence-corrected chi connectivity index (χ0v) is 20.6. The molecule has 0 spiro atoms. The molecule has 1 aliphatic heterocycles. The molecule has 0 saturated carbocycles. The van der Waals surface area contributed by atoms with Crippen LogP contribution in [0.3, 0.4) is 0 Å². The van der Waals surface area contributed by atoms with E-state index in [2.05, 4.69) is 19.9 Å². The van der Waals surface area contributed by atoms with Crippen molar-refractivity contribution in [3.63, 3.8) is 0 Å². The van der Waals surface area contributed by atoms with Crippen LogP contribution in [-0.2, 0) is 16.0 Å². The van der Waals surface area contributed by atoms with E-state index in [-0.39, 0.29) is 54.1 Å². The standard InChI is InChI=1S/C21H30F3N3O4.HI/c1-3-25-20(27-10-8-17(9-11-27)19(29)30-2)26-13-16(14-28)12-15-4-6-18(7-5-15)31-21(22,23)24;/h4-7,16-17,28H,3,8-14H2,1-2H3,(H,25,26);1H. The Kier molecular flexibility index (Phi) is 12.1. The van der Waals surface area contributed by atoms with Crippen LogP contribution in [0.15, 0.2) is 29.3 Å². The zero-order valence-electron chi connectivity index (χ0n) is 18.2. The molecule has 0 aromatic heterocycles. The number of hydrogen-bond acceptors (Lipinski definition) is 5. The molecule has 1 atom stereocenters. The molecule has 2 N–H and O–H groups in total. The van der Waals surface area contributed by atoms with Crippen molar-refractivity contribution in [1.29, 1.82) is 0 Å². The first-order chi connectivity index (χ1) is 14.8. The summed E-state index contributed by atoms with van der Waals surface area (Å²) in [6, 6.07) is 5.62. The van der Waals surface area contributed by atoms with E-state index in [0.29, 0.717) is 45.4 Å². The number of aliphatic imine (C=N–C) groups is 1. The van der Waals surface area contributed by atoms with E-state index in [1.165, 1.54) is 19.2 Å². The number of carbonyl (C=O) groups is 1. The largest absolute Gasteiger partial charge is 0.573 e. The number of esters is 1. The first-order valence-corrected chi connectivity index (χ1v) is 10.3. The van der Waals surface area contributed by atoms with E-state index in [9.17, 15) is 23.1 Å². The third kappa shape index (κ3) is 9.39. The normalized spacial score (nSPS) is 16.2. The lowest BCUT2D eigenvalue weighted by molar-refractivity contribution is -0.274. The van der Waals surface area contributed by atoms with Crippen molar-refractivity contribution in [1.82, 2.24) is 10.2 Å². The van der Waals surface area contributed by atoms with Crippen LogP contribution in [-0.4, -0.2) is 68.2 Å². The minimum absolute atomic E-state index is 0. The number of piperidine rings is 1. The van der Waals surface area contributed by atoms with Crippen LogP contribution in [0.2, 0.25) is 0 Å². The lowest BCUT2D eigenvalue weighted by Gasteiger charge is -2.33. The summed E-state index contributed by atoms with van der Waals surface area (Å²) in [6.07, 6.45) is -2.88. The summed E-state index contributed by atoms with van der Waals surface area (Å²) in [5, 5.41) is 13.0. The number of hydrogen-bond donors (Lipinski definition) is 2. The molecule has 1 aromatic carbocycles. The lowest BCUT2D eigenvalue weighted by atomic mass is 9.97. The lowest BCUT2D eigenvalue weighted by Crippen LogP contribution is -2.47. The van der Waals surface area contributed by atoms with Gasteiger partial charge in [0.05, 0.1) is 13.0 Å². The van der Waals surface area contributed by atoms with Crippen molar-refractivity contribution in [3.8, 4) is 5.75 Å². The van der Waals surface area contributed by atoms with Crippen LogP contribution in [0.5, 0.6) is 5.75 Å². The van der Waals surface area contributed by atoms with Gasteiger partial charge in [0, 0.05) is 38.7 Å². The summed E-state index contributed by atoms with van der Waals surface area (Å²) in [5.74, 6) is -0.0272. The van der Waals surface area contributed by atoms with Gasteiger partial charge in [-0.25, -0.2) is 0 Å². The van der Waals surface area contributed by atoms with Crippen LogP contribution >= 0.6 is 24.0 Å². The number of methoxy groups -OCH3 is 1. The van der Waals surface area contributed by atoms with Crippen LogP contribution < -0.4 is 10.1 Å². The fourth-order valence-electron chi connectivity index (χ4n) is 3.48. The number of benzene rings is 1. The van der Waals surface area contributed by atoms with Crippen molar-refractivity contribution >= 4 is 35.9 Å². The molecule has 2 rings (SSSR count). The van der Waals surface area contributed by atoms with E-state index in [0.717, 1.165) is 11.5 Å². The molecule has 182 valence electrons.